The van der Waals surface area contributed by atoms with Gasteiger partial charge in [-0.05, 0) is 35.9 Å². The lowest BCUT2D eigenvalue weighted by Gasteiger charge is -2.07. The van der Waals surface area contributed by atoms with Gasteiger partial charge in [-0.2, -0.15) is 5.26 Å². The van der Waals surface area contributed by atoms with Crippen LogP contribution in [0.2, 0.25) is 0 Å². The van der Waals surface area contributed by atoms with Gasteiger partial charge in [0.05, 0.1) is 17.2 Å². The van der Waals surface area contributed by atoms with Gasteiger partial charge in [-0.1, -0.05) is 18.2 Å². The van der Waals surface area contributed by atoms with E-state index in [4.69, 9.17) is 10.00 Å². The summed E-state index contributed by atoms with van der Waals surface area (Å²) in [5.74, 6) is -1.51. The molecule has 0 unspecified atom stereocenters. The molecule has 0 spiro atoms. The Labute approximate surface area is 132 Å². The lowest BCUT2D eigenvalue weighted by Crippen LogP contribution is -2.28. The Bertz CT molecular complexity index is 751. The van der Waals surface area contributed by atoms with E-state index >= 15 is 0 Å². The molecule has 0 aliphatic carbocycles. The molecule has 0 heterocycles. The molecule has 5 nitrogen and oxygen atoms in total. The number of amides is 1. The maximum atomic E-state index is 12.7. The number of carbonyl (C=O) groups excluding carboxylic acids is 2. The van der Waals surface area contributed by atoms with E-state index in [1.807, 2.05) is 6.07 Å². The van der Waals surface area contributed by atoms with Crippen LogP contribution < -0.4 is 5.32 Å². The van der Waals surface area contributed by atoms with Gasteiger partial charge in [0, 0.05) is 6.54 Å². The highest BCUT2D eigenvalue weighted by Gasteiger charge is 2.10. The molecule has 2 aromatic rings. The predicted octanol–water partition coefficient (Wildman–Crippen LogP) is 2.17. The molecule has 0 bridgehead atoms. The summed E-state index contributed by atoms with van der Waals surface area (Å²) in [5, 5.41) is 11.3. The zero-order chi connectivity index (χ0) is 16.7. The van der Waals surface area contributed by atoms with E-state index in [0.717, 1.165) is 5.56 Å². The zero-order valence-corrected chi connectivity index (χ0v) is 12.1. The van der Waals surface area contributed by atoms with Crippen LogP contribution in [0.4, 0.5) is 4.39 Å². The number of halogens is 1. The molecule has 0 saturated carbocycles. The number of hydrogen-bond acceptors (Lipinski definition) is 4. The lowest BCUT2D eigenvalue weighted by molar-refractivity contribution is -0.124. The second-order valence-corrected chi connectivity index (χ2v) is 4.67. The van der Waals surface area contributed by atoms with Gasteiger partial charge in [0.1, 0.15) is 5.82 Å². The molecule has 2 rings (SSSR count). The summed E-state index contributed by atoms with van der Waals surface area (Å²) in [4.78, 5) is 23.4. The van der Waals surface area contributed by atoms with Gasteiger partial charge in [0.15, 0.2) is 6.61 Å². The number of benzene rings is 2. The molecule has 0 saturated heterocycles. The van der Waals surface area contributed by atoms with Crippen molar-refractivity contribution in [3.05, 3.63) is 71.0 Å². The highest BCUT2D eigenvalue weighted by molar-refractivity contribution is 5.91. The topological polar surface area (TPSA) is 79.2 Å². The number of nitrogens with one attached hydrogen (secondary N) is 1. The van der Waals surface area contributed by atoms with Crippen molar-refractivity contribution in [2.45, 2.75) is 6.54 Å². The summed E-state index contributed by atoms with van der Waals surface area (Å²) in [6.45, 7) is -0.225. The van der Waals surface area contributed by atoms with Crippen molar-refractivity contribution in [2.24, 2.45) is 0 Å². The molecule has 23 heavy (non-hydrogen) atoms. The molecule has 0 aliphatic rings. The molecule has 6 heteroatoms. The van der Waals surface area contributed by atoms with E-state index in [9.17, 15) is 14.0 Å². The van der Waals surface area contributed by atoms with Crippen LogP contribution in [-0.2, 0) is 16.1 Å². The molecule has 116 valence electrons. The van der Waals surface area contributed by atoms with Crippen LogP contribution in [0.5, 0.6) is 0 Å². The van der Waals surface area contributed by atoms with Gasteiger partial charge in [-0.3, -0.25) is 4.79 Å². The van der Waals surface area contributed by atoms with Crippen LogP contribution in [0.25, 0.3) is 0 Å². The van der Waals surface area contributed by atoms with E-state index in [2.05, 4.69) is 5.32 Å². The maximum Gasteiger partial charge on any atom is 0.338 e. The first-order valence-corrected chi connectivity index (χ1v) is 6.77. The second kappa shape index (κ2) is 7.71. The quantitative estimate of drug-likeness (QED) is 0.858. The zero-order valence-electron chi connectivity index (χ0n) is 12.1. The monoisotopic (exact) mass is 312 g/mol. The van der Waals surface area contributed by atoms with Gasteiger partial charge in [-0.15, -0.1) is 0 Å². The van der Waals surface area contributed by atoms with E-state index < -0.39 is 18.5 Å². The fraction of sp³-hybridized carbons (Fsp3) is 0.118. The molecule has 1 amide bonds. The molecule has 0 aliphatic heterocycles. The smallest absolute Gasteiger partial charge is 0.338 e. The van der Waals surface area contributed by atoms with Gasteiger partial charge in [0.25, 0.3) is 5.91 Å². The summed E-state index contributed by atoms with van der Waals surface area (Å²) in [6, 6.07) is 13.6. The number of nitriles is 1. The standard InChI is InChI=1S/C17H13FN2O3/c18-15-6-4-12(5-7-15)10-20-16(21)11-23-17(22)14-3-1-2-13(8-14)9-19/h1-8H,10-11H2,(H,20,21). The summed E-state index contributed by atoms with van der Waals surface area (Å²) in [5.41, 5.74) is 1.27. The largest absolute Gasteiger partial charge is 0.452 e. The van der Waals surface area contributed by atoms with Crippen molar-refractivity contribution in [2.75, 3.05) is 6.61 Å². The summed E-state index contributed by atoms with van der Waals surface area (Å²) >= 11 is 0. The SMILES string of the molecule is N#Cc1cccc(C(=O)OCC(=O)NCc2ccc(F)cc2)c1. The molecule has 1 N–H and O–H groups in total. The Hall–Kier alpha value is -3.20. The Morgan fingerprint density at radius 1 is 1.17 bits per heavy atom. The molecule has 0 radical (unpaired) electrons. The normalized spacial score (nSPS) is 9.74. The fourth-order valence-corrected chi connectivity index (χ4v) is 1.78. The Morgan fingerprint density at radius 2 is 1.91 bits per heavy atom. The summed E-state index contributed by atoms with van der Waals surface area (Å²) in [6.07, 6.45) is 0. The fourth-order valence-electron chi connectivity index (χ4n) is 1.78. The third-order valence-corrected chi connectivity index (χ3v) is 2.96. The van der Waals surface area contributed by atoms with E-state index in [1.165, 1.54) is 24.3 Å². The Kier molecular flexibility index (Phi) is 5.42. The van der Waals surface area contributed by atoms with Crippen LogP contribution in [-0.4, -0.2) is 18.5 Å². The number of nitrogens with zero attached hydrogens (tertiary/aromatic N) is 1. The maximum absolute atomic E-state index is 12.7. The number of carbonyl (C=O) groups is 2. The minimum absolute atomic E-state index is 0.204. The van der Waals surface area contributed by atoms with E-state index in [0.29, 0.717) is 5.56 Å². The van der Waals surface area contributed by atoms with Crippen molar-refractivity contribution < 1.29 is 18.7 Å². The Balaban J connectivity index is 1.80. The average Bonchev–Trinajstić information content (AvgIpc) is 2.59. The molecule has 0 fully saturated rings. The number of rotatable bonds is 5. The van der Waals surface area contributed by atoms with E-state index in [1.54, 1.807) is 24.3 Å². The van der Waals surface area contributed by atoms with E-state index in [-0.39, 0.29) is 17.9 Å². The first kappa shape index (κ1) is 16.2. The third kappa shape index (κ3) is 4.93. The van der Waals surface area contributed by atoms with Crippen molar-refractivity contribution >= 4 is 11.9 Å². The van der Waals surface area contributed by atoms with Crippen molar-refractivity contribution in [1.82, 2.24) is 5.32 Å². The minimum atomic E-state index is -0.681. The van der Waals surface area contributed by atoms with Gasteiger partial charge in [0.2, 0.25) is 0 Å². The van der Waals surface area contributed by atoms with Crippen LogP contribution >= 0.6 is 0 Å². The van der Waals surface area contributed by atoms with Crippen LogP contribution in [0, 0.1) is 17.1 Å². The molecule has 0 atom stereocenters. The van der Waals surface area contributed by atoms with Crippen LogP contribution in [0.1, 0.15) is 21.5 Å². The van der Waals surface area contributed by atoms with Gasteiger partial charge in [-0.25, -0.2) is 9.18 Å². The predicted molar refractivity (Wildman–Crippen MR) is 79.7 cm³/mol. The van der Waals surface area contributed by atoms with Crippen molar-refractivity contribution in [3.63, 3.8) is 0 Å². The van der Waals surface area contributed by atoms with Crippen molar-refractivity contribution in [3.8, 4) is 6.07 Å². The number of hydrogen-bond donors (Lipinski definition) is 1. The Morgan fingerprint density at radius 3 is 2.61 bits per heavy atom. The summed E-state index contributed by atoms with van der Waals surface area (Å²) in [7, 11) is 0. The third-order valence-electron chi connectivity index (χ3n) is 2.96. The molecular formula is C17H13FN2O3. The average molecular weight is 312 g/mol. The van der Waals surface area contributed by atoms with Crippen LogP contribution in [0.15, 0.2) is 48.5 Å². The first-order valence-electron chi connectivity index (χ1n) is 6.77. The lowest BCUT2D eigenvalue weighted by atomic mass is 10.1. The molecule has 0 aromatic heterocycles. The highest BCUT2D eigenvalue weighted by Crippen LogP contribution is 2.06. The summed E-state index contributed by atoms with van der Waals surface area (Å²) < 4.78 is 17.6. The highest BCUT2D eigenvalue weighted by atomic mass is 19.1. The van der Waals surface area contributed by atoms with Gasteiger partial charge < -0.3 is 10.1 Å². The minimum Gasteiger partial charge on any atom is -0.452 e. The second-order valence-electron chi connectivity index (χ2n) is 4.67. The number of esters is 1. The first-order chi connectivity index (χ1) is 11.1. The molecule has 2 aromatic carbocycles. The molecular weight excluding hydrogens is 299 g/mol. The van der Waals surface area contributed by atoms with Gasteiger partial charge >= 0.3 is 5.97 Å². The van der Waals surface area contributed by atoms with Crippen molar-refractivity contribution in [1.29, 1.82) is 5.26 Å². The van der Waals surface area contributed by atoms with Crippen LogP contribution in [0.3, 0.4) is 0 Å². The number of ether oxygens (including phenoxy) is 1.